The first-order chi connectivity index (χ1) is 19.9. The molecule has 272 valence electrons. The van der Waals surface area contributed by atoms with Crippen molar-refractivity contribution in [3.8, 4) is 0 Å². The van der Waals surface area contributed by atoms with E-state index >= 15 is 0 Å². The number of rotatable bonds is 16. The Balaban J connectivity index is 5.09. The number of ether oxygens (including phenoxy) is 4. The zero-order valence-electron chi connectivity index (χ0n) is 20.7. The Hall–Kier alpha value is -2.94. The van der Waals surface area contributed by atoms with Crippen LogP contribution in [0.5, 0.6) is 0 Å². The van der Waals surface area contributed by atoms with E-state index in [1.54, 1.807) is 9.47 Å². The molecule has 0 aliphatic heterocycles. The van der Waals surface area contributed by atoms with Crippen molar-refractivity contribution >= 4 is 11.9 Å². The number of halogens is 22. The first-order valence-corrected chi connectivity index (χ1v) is 10.5. The quantitative estimate of drug-likeness (QED) is 0.0930. The van der Waals surface area contributed by atoms with Gasteiger partial charge in [-0.3, -0.25) is 0 Å². The van der Waals surface area contributed by atoms with E-state index in [1.165, 1.54) is 0 Å². The third-order valence-corrected chi connectivity index (χ3v) is 4.48. The molecule has 0 rings (SSSR count). The van der Waals surface area contributed by atoms with E-state index < -0.39 is 98.5 Å². The van der Waals surface area contributed by atoms with Gasteiger partial charge in [0, 0.05) is 12.2 Å². The Morgan fingerprint density at radius 2 is 0.652 bits per heavy atom. The molecule has 0 saturated carbocycles. The van der Waals surface area contributed by atoms with Crippen LogP contribution in [-0.4, -0.2) is 85.6 Å². The van der Waals surface area contributed by atoms with Crippen LogP contribution in [0.15, 0.2) is 12.2 Å². The van der Waals surface area contributed by atoms with Crippen LogP contribution in [0.3, 0.4) is 0 Å². The van der Waals surface area contributed by atoms with E-state index in [0.717, 1.165) is 0 Å². The molecule has 0 saturated heterocycles. The lowest BCUT2D eigenvalue weighted by atomic mass is 10.2. The first kappa shape index (κ1) is 43.1. The molecular formula is C18H10F22O6. The molecule has 0 heterocycles. The molecule has 0 aliphatic carbocycles. The second kappa shape index (κ2) is 13.3. The molecule has 0 amide bonds. The van der Waals surface area contributed by atoms with E-state index in [0.29, 0.717) is 0 Å². The highest BCUT2D eigenvalue weighted by molar-refractivity contribution is 5.91. The molecule has 0 atom stereocenters. The lowest BCUT2D eigenvalue weighted by Gasteiger charge is -2.33. The summed E-state index contributed by atoms with van der Waals surface area (Å²) < 4.78 is 291. The number of carbonyl (C=O) groups is 2. The molecule has 0 aromatic carbocycles. The highest BCUT2D eigenvalue weighted by atomic mass is 19.4. The van der Waals surface area contributed by atoms with Crippen molar-refractivity contribution in [2.45, 2.75) is 73.3 Å². The summed E-state index contributed by atoms with van der Waals surface area (Å²) >= 11 is 0. The van der Waals surface area contributed by atoms with Gasteiger partial charge in [-0.15, -0.1) is 0 Å². The molecular weight excluding hydrogens is 730 g/mol. The van der Waals surface area contributed by atoms with Gasteiger partial charge in [0.25, 0.3) is 0 Å². The predicted molar refractivity (Wildman–Crippen MR) is 94.1 cm³/mol. The summed E-state index contributed by atoms with van der Waals surface area (Å²) in [5.41, 5.74) is 0. The van der Waals surface area contributed by atoms with Crippen molar-refractivity contribution in [1.82, 2.24) is 0 Å². The molecule has 0 fully saturated rings. The average Bonchev–Trinajstić information content (AvgIpc) is 2.79. The molecule has 28 heteroatoms. The Kier molecular flexibility index (Phi) is 12.4. The summed E-state index contributed by atoms with van der Waals surface area (Å²) in [5, 5.41) is 0. The maximum absolute atomic E-state index is 13.4. The maximum atomic E-state index is 13.4. The van der Waals surface area contributed by atoms with Gasteiger partial charge in [0.05, 0.1) is 26.1 Å². The number of carbonyl (C=O) groups excluding carboxylic acids is 2. The van der Waals surface area contributed by atoms with Crippen LogP contribution in [0.4, 0.5) is 96.6 Å². The summed E-state index contributed by atoms with van der Waals surface area (Å²) in [6.07, 6.45) is -48.5. The highest BCUT2D eigenvalue weighted by Gasteiger charge is 2.79. The van der Waals surface area contributed by atoms with Gasteiger partial charge >= 0.3 is 72.4 Å². The third-order valence-electron chi connectivity index (χ3n) is 4.48. The minimum atomic E-state index is -7.42. The smallest absolute Gasteiger partial charge is 0.462 e. The minimum Gasteiger partial charge on any atom is -0.462 e. The lowest BCUT2D eigenvalue weighted by molar-refractivity contribution is -0.496. The van der Waals surface area contributed by atoms with Crippen molar-refractivity contribution in [2.24, 2.45) is 0 Å². The van der Waals surface area contributed by atoms with Crippen LogP contribution in [0.25, 0.3) is 0 Å². The van der Waals surface area contributed by atoms with Gasteiger partial charge in [0.15, 0.2) is 0 Å². The molecule has 0 radical (unpaired) electrons. The fourth-order valence-corrected chi connectivity index (χ4v) is 2.01. The standard InChI is InChI=1S/C18H10F22O6/c19-9(20,15(33,34)45-17(37,38)11(23,24)13(27,28)29)3-5-43-7(41)1-2-8(42)44-6-4-10(21,22)16(35,36)46-18(39,40)12(25,26)14(30,31)32/h1-2H,3-6H2/b2-1-. The number of hydrogen-bond acceptors (Lipinski definition) is 6. The molecule has 0 N–H and O–H groups in total. The zero-order valence-corrected chi connectivity index (χ0v) is 20.7. The molecule has 0 aliphatic rings. The van der Waals surface area contributed by atoms with Gasteiger partial charge < -0.3 is 9.47 Å². The average molecular weight is 740 g/mol. The van der Waals surface area contributed by atoms with E-state index in [-0.39, 0.29) is 12.2 Å². The van der Waals surface area contributed by atoms with Crippen LogP contribution in [-0.2, 0) is 28.5 Å². The fourth-order valence-electron chi connectivity index (χ4n) is 2.01. The van der Waals surface area contributed by atoms with Crippen LogP contribution < -0.4 is 0 Å². The lowest BCUT2D eigenvalue weighted by Crippen LogP contribution is -2.58. The molecule has 0 unspecified atom stereocenters. The molecule has 0 aromatic rings. The predicted octanol–water partition coefficient (Wildman–Crippen LogP) is 7.48. The van der Waals surface area contributed by atoms with Gasteiger partial charge in [0.2, 0.25) is 0 Å². The summed E-state index contributed by atoms with van der Waals surface area (Å²) in [6.45, 7) is -4.07. The normalized spacial score (nSPS) is 15.3. The van der Waals surface area contributed by atoms with Crippen molar-refractivity contribution in [1.29, 1.82) is 0 Å². The van der Waals surface area contributed by atoms with Crippen LogP contribution in [0, 0.1) is 0 Å². The highest BCUT2D eigenvalue weighted by Crippen LogP contribution is 2.53. The van der Waals surface area contributed by atoms with Crippen molar-refractivity contribution in [3.63, 3.8) is 0 Å². The third kappa shape index (κ3) is 9.79. The number of esters is 2. The van der Waals surface area contributed by atoms with E-state index in [1.807, 2.05) is 0 Å². The largest absolute Gasteiger partial charge is 0.462 e. The van der Waals surface area contributed by atoms with Gasteiger partial charge in [-0.05, 0) is 0 Å². The van der Waals surface area contributed by atoms with Crippen LogP contribution in [0.1, 0.15) is 12.8 Å². The second-order valence-corrected chi connectivity index (χ2v) is 7.99. The Morgan fingerprint density at radius 3 is 0.870 bits per heavy atom. The van der Waals surface area contributed by atoms with Crippen LogP contribution in [0.2, 0.25) is 0 Å². The summed E-state index contributed by atoms with van der Waals surface area (Å²) in [5.74, 6) is -31.2. The maximum Gasteiger partial charge on any atom is 0.462 e. The topological polar surface area (TPSA) is 71.1 Å². The molecule has 6 nitrogen and oxygen atoms in total. The van der Waals surface area contributed by atoms with E-state index in [4.69, 9.17) is 0 Å². The van der Waals surface area contributed by atoms with Gasteiger partial charge in [-0.1, -0.05) is 0 Å². The monoisotopic (exact) mass is 740 g/mol. The minimum absolute atomic E-state index is 0.261. The van der Waals surface area contributed by atoms with Gasteiger partial charge in [0.1, 0.15) is 0 Å². The summed E-state index contributed by atoms with van der Waals surface area (Å²) in [7, 11) is 0. The summed E-state index contributed by atoms with van der Waals surface area (Å²) in [4.78, 5) is 22.5. The molecule has 46 heavy (non-hydrogen) atoms. The van der Waals surface area contributed by atoms with Crippen LogP contribution >= 0.6 is 0 Å². The molecule has 0 aromatic heterocycles. The SMILES string of the molecule is O=C(/C=C\C(=O)OCCC(F)(F)C(F)(F)OC(F)(F)C(F)(F)C(F)(F)F)OCCC(F)(F)C(F)(F)OC(F)(F)C(F)(F)C(F)(F)F. The Morgan fingerprint density at radius 1 is 0.413 bits per heavy atom. The number of alkyl halides is 22. The van der Waals surface area contributed by atoms with E-state index in [9.17, 15) is 106 Å². The fraction of sp³-hybridized carbons (Fsp3) is 0.778. The summed E-state index contributed by atoms with van der Waals surface area (Å²) in [6, 6.07) is 0. The first-order valence-electron chi connectivity index (χ1n) is 10.5. The van der Waals surface area contributed by atoms with Gasteiger partial charge in [-0.25, -0.2) is 19.1 Å². The van der Waals surface area contributed by atoms with Crippen molar-refractivity contribution in [2.75, 3.05) is 13.2 Å². The second-order valence-electron chi connectivity index (χ2n) is 7.99. The van der Waals surface area contributed by atoms with E-state index in [2.05, 4.69) is 9.47 Å². The molecule has 0 spiro atoms. The zero-order chi connectivity index (χ0) is 37.2. The van der Waals surface area contributed by atoms with Crippen molar-refractivity contribution in [3.05, 3.63) is 12.2 Å². The molecule has 0 bridgehead atoms. The Labute approximate surface area is 237 Å². The Bertz CT molecular complexity index is 1010. The number of hydrogen-bond donors (Lipinski definition) is 0. The van der Waals surface area contributed by atoms with Crippen molar-refractivity contribution < 1.29 is 125 Å². The van der Waals surface area contributed by atoms with Gasteiger partial charge in [-0.2, -0.15) is 96.6 Å².